The van der Waals surface area contributed by atoms with Gasteiger partial charge in [0.05, 0.1) is 17.5 Å². The van der Waals surface area contributed by atoms with E-state index in [9.17, 15) is 9.50 Å². The van der Waals surface area contributed by atoms with Gasteiger partial charge in [-0.05, 0) is 68.4 Å². The number of piperidine rings is 1. The van der Waals surface area contributed by atoms with Gasteiger partial charge >= 0.3 is 0 Å². The van der Waals surface area contributed by atoms with Crippen LogP contribution in [0.3, 0.4) is 0 Å². The Morgan fingerprint density at radius 3 is 2.52 bits per heavy atom. The number of H-pyrrole nitrogens is 1. The third-order valence-corrected chi connectivity index (χ3v) is 8.83. The van der Waals surface area contributed by atoms with Gasteiger partial charge in [-0.15, -0.1) is 0 Å². The Morgan fingerprint density at radius 2 is 1.73 bits per heavy atom. The normalized spacial score (nSPS) is 20.9. The summed E-state index contributed by atoms with van der Waals surface area (Å²) in [5.41, 5.74) is 11.5. The van der Waals surface area contributed by atoms with E-state index in [-0.39, 0.29) is 18.0 Å². The lowest BCUT2D eigenvalue weighted by Gasteiger charge is -2.40. The van der Waals surface area contributed by atoms with Crippen molar-refractivity contribution in [1.82, 2.24) is 29.6 Å². The minimum absolute atomic E-state index is 0.143. The fourth-order valence-electron chi connectivity index (χ4n) is 6.65. The lowest BCUT2D eigenvalue weighted by atomic mass is 9.89. The van der Waals surface area contributed by atoms with Gasteiger partial charge in [-0.1, -0.05) is 24.3 Å². The number of benzene rings is 2. The number of aromatic nitrogens is 5. The summed E-state index contributed by atoms with van der Waals surface area (Å²) in [4.78, 5) is 14.9. The van der Waals surface area contributed by atoms with Crippen LogP contribution in [0.25, 0.3) is 33.2 Å². The maximum atomic E-state index is 14.2. The number of nitrogen functional groups attached to an aromatic ring is 1. The summed E-state index contributed by atoms with van der Waals surface area (Å²) >= 11 is 0. The van der Waals surface area contributed by atoms with Gasteiger partial charge in [-0.2, -0.15) is 5.10 Å². The molecule has 0 atom stereocenters. The standard InChI is InChI=1S/C31H34FN7O/c32-26-4-2-1-3-19(26)16-22-17-21-15-20(5-10-27(21)36-22)29-28-30(33)34-18-35-31(28)39(37-29)24-8-6-23(7-9-24)38-13-11-25(40)12-14-38/h1-5,10,15,17-18,23-25,36,40H,6-9,11-14,16H2,(H2,33,34,35). The maximum Gasteiger partial charge on any atom is 0.164 e. The predicted octanol–water partition coefficient (Wildman–Crippen LogP) is 5.23. The van der Waals surface area contributed by atoms with E-state index in [1.165, 1.54) is 12.4 Å². The SMILES string of the molecule is Nc1ncnc2c1c(-c1ccc3[nH]c(Cc4ccccc4F)cc3c1)nn2C1CCC(N2CCC(O)CC2)CC1. The Labute approximate surface area is 232 Å². The van der Waals surface area contributed by atoms with E-state index in [4.69, 9.17) is 10.8 Å². The van der Waals surface area contributed by atoms with Gasteiger partial charge < -0.3 is 20.7 Å². The highest BCUT2D eigenvalue weighted by Gasteiger charge is 2.31. The van der Waals surface area contributed by atoms with E-state index in [2.05, 4.69) is 36.7 Å². The van der Waals surface area contributed by atoms with Crippen LogP contribution in [0, 0.1) is 5.82 Å². The molecule has 0 amide bonds. The molecule has 4 N–H and O–H groups in total. The number of nitrogens with two attached hydrogens (primary N) is 1. The molecule has 0 bridgehead atoms. The molecule has 9 heteroatoms. The van der Waals surface area contributed by atoms with Gasteiger partial charge in [0, 0.05) is 47.7 Å². The van der Waals surface area contributed by atoms with Gasteiger partial charge in [0.2, 0.25) is 0 Å². The number of fused-ring (bicyclic) bond motifs is 2. The first kappa shape index (κ1) is 25.2. The minimum Gasteiger partial charge on any atom is -0.393 e. The average molecular weight is 540 g/mol. The number of aromatic amines is 1. The van der Waals surface area contributed by atoms with Crippen molar-refractivity contribution in [2.24, 2.45) is 0 Å². The second kappa shape index (κ2) is 10.3. The van der Waals surface area contributed by atoms with Crippen LogP contribution in [0.1, 0.15) is 55.8 Å². The van der Waals surface area contributed by atoms with Crippen molar-refractivity contribution < 1.29 is 9.50 Å². The van der Waals surface area contributed by atoms with Crippen molar-refractivity contribution >= 4 is 27.8 Å². The van der Waals surface area contributed by atoms with Crippen LogP contribution in [0.2, 0.25) is 0 Å². The summed E-state index contributed by atoms with van der Waals surface area (Å²) in [6.07, 6.45) is 7.90. The van der Waals surface area contributed by atoms with Gasteiger partial charge in [0.25, 0.3) is 0 Å². The number of halogens is 1. The third-order valence-electron chi connectivity index (χ3n) is 8.83. The maximum absolute atomic E-state index is 14.2. The Hall–Kier alpha value is -3.82. The third kappa shape index (κ3) is 4.63. The van der Waals surface area contributed by atoms with Gasteiger partial charge in [0.15, 0.2) is 5.65 Å². The van der Waals surface area contributed by atoms with Crippen molar-refractivity contribution in [3.05, 3.63) is 71.9 Å². The molecule has 3 aromatic heterocycles. The molecule has 1 aliphatic carbocycles. The van der Waals surface area contributed by atoms with Gasteiger partial charge in [-0.3, -0.25) is 0 Å². The van der Waals surface area contributed by atoms with Crippen molar-refractivity contribution in [3.8, 4) is 11.3 Å². The highest BCUT2D eigenvalue weighted by molar-refractivity contribution is 6.00. The highest BCUT2D eigenvalue weighted by atomic mass is 19.1. The summed E-state index contributed by atoms with van der Waals surface area (Å²) in [5.74, 6) is 0.235. The fraction of sp³-hybridized carbons (Fsp3) is 0.387. The zero-order valence-corrected chi connectivity index (χ0v) is 22.4. The molecule has 7 rings (SSSR count). The summed E-state index contributed by atoms with van der Waals surface area (Å²) in [6, 6.07) is 16.0. The Morgan fingerprint density at radius 1 is 0.950 bits per heavy atom. The zero-order valence-electron chi connectivity index (χ0n) is 22.4. The molecule has 1 saturated carbocycles. The van der Waals surface area contributed by atoms with E-state index in [1.807, 2.05) is 24.3 Å². The van der Waals surface area contributed by atoms with Crippen LogP contribution in [-0.4, -0.2) is 60.0 Å². The molecule has 2 aliphatic rings. The van der Waals surface area contributed by atoms with Crippen LogP contribution >= 0.6 is 0 Å². The van der Waals surface area contributed by atoms with Crippen LogP contribution in [-0.2, 0) is 6.42 Å². The lowest BCUT2D eigenvalue weighted by molar-refractivity contribution is 0.0456. The minimum atomic E-state index is -0.196. The van der Waals surface area contributed by atoms with Crippen LogP contribution in [0.4, 0.5) is 10.2 Å². The van der Waals surface area contributed by atoms with Gasteiger partial charge in [-0.25, -0.2) is 19.0 Å². The number of nitrogens with zero attached hydrogens (tertiary/aromatic N) is 5. The number of rotatable bonds is 5. The molecule has 2 fully saturated rings. The van der Waals surface area contributed by atoms with Crippen molar-refractivity contribution in [2.75, 3.05) is 18.8 Å². The molecule has 2 aromatic carbocycles. The first-order chi connectivity index (χ1) is 19.5. The number of nitrogens with one attached hydrogen (secondary N) is 1. The smallest absolute Gasteiger partial charge is 0.164 e. The molecular weight excluding hydrogens is 505 g/mol. The van der Waals surface area contributed by atoms with E-state index < -0.39 is 0 Å². The summed E-state index contributed by atoms with van der Waals surface area (Å²) < 4.78 is 16.3. The molecule has 206 valence electrons. The summed E-state index contributed by atoms with van der Waals surface area (Å²) in [6.45, 7) is 1.97. The number of aliphatic hydroxyl groups excluding tert-OH is 1. The monoisotopic (exact) mass is 539 g/mol. The molecule has 0 spiro atoms. The molecule has 1 aliphatic heterocycles. The van der Waals surface area contributed by atoms with Crippen molar-refractivity contribution in [1.29, 1.82) is 0 Å². The molecule has 40 heavy (non-hydrogen) atoms. The second-order valence-corrected chi connectivity index (χ2v) is 11.3. The Bertz CT molecular complexity index is 1660. The van der Waals surface area contributed by atoms with Crippen LogP contribution in [0.5, 0.6) is 0 Å². The number of hydrogen-bond donors (Lipinski definition) is 3. The molecule has 0 unspecified atom stereocenters. The molecular formula is C31H34FN7O. The first-order valence-electron chi connectivity index (χ1n) is 14.3. The second-order valence-electron chi connectivity index (χ2n) is 11.3. The van der Waals surface area contributed by atoms with E-state index in [1.54, 1.807) is 6.07 Å². The van der Waals surface area contributed by atoms with E-state index in [0.29, 0.717) is 23.8 Å². The fourth-order valence-corrected chi connectivity index (χ4v) is 6.65. The summed E-state index contributed by atoms with van der Waals surface area (Å²) in [5, 5.41) is 16.8. The molecule has 8 nitrogen and oxygen atoms in total. The molecule has 1 saturated heterocycles. The highest BCUT2D eigenvalue weighted by Crippen LogP contribution is 2.38. The molecule has 0 radical (unpaired) electrons. The van der Waals surface area contributed by atoms with E-state index in [0.717, 1.165) is 90.5 Å². The zero-order chi connectivity index (χ0) is 27.2. The van der Waals surface area contributed by atoms with Crippen molar-refractivity contribution in [2.45, 2.75) is 63.1 Å². The average Bonchev–Trinajstić information content (AvgIpc) is 3.56. The number of likely N-dealkylation sites (tertiary alicyclic amines) is 1. The topological polar surface area (TPSA) is 109 Å². The van der Waals surface area contributed by atoms with Gasteiger partial charge in [0.1, 0.15) is 23.7 Å². The summed E-state index contributed by atoms with van der Waals surface area (Å²) in [7, 11) is 0. The van der Waals surface area contributed by atoms with Crippen LogP contribution in [0.15, 0.2) is 54.9 Å². The van der Waals surface area contributed by atoms with E-state index >= 15 is 0 Å². The largest absolute Gasteiger partial charge is 0.393 e. The number of anilines is 1. The van der Waals surface area contributed by atoms with Crippen molar-refractivity contribution in [3.63, 3.8) is 0 Å². The lowest BCUT2D eigenvalue weighted by Crippen LogP contribution is -2.44. The van der Waals surface area contributed by atoms with Crippen LogP contribution < -0.4 is 5.73 Å². The first-order valence-corrected chi connectivity index (χ1v) is 14.3. The predicted molar refractivity (Wildman–Crippen MR) is 154 cm³/mol. The Kier molecular flexibility index (Phi) is 6.48. The number of aliphatic hydroxyl groups is 1. The number of hydrogen-bond acceptors (Lipinski definition) is 6. The molecule has 5 aromatic rings. The quantitative estimate of drug-likeness (QED) is 0.282. The Balaban J connectivity index is 1.17. The molecule has 4 heterocycles.